The molecule has 2 aromatic rings. The van der Waals surface area contributed by atoms with Crippen molar-refractivity contribution in [2.24, 2.45) is 0 Å². The van der Waals surface area contributed by atoms with Crippen molar-refractivity contribution in [3.8, 4) is 0 Å². The van der Waals surface area contributed by atoms with E-state index in [1.807, 2.05) is 43.4 Å². The lowest BCUT2D eigenvalue weighted by Gasteiger charge is -2.19. The van der Waals surface area contributed by atoms with E-state index in [2.05, 4.69) is 4.90 Å². The van der Waals surface area contributed by atoms with E-state index in [0.29, 0.717) is 5.56 Å². The average Bonchev–Trinajstić information content (AvgIpc) is 2.34. The van der Waals surface area contributed by atoms with Gasteiger partial charge in [-0.2, -0.15) is 0 Å². The molecule has 0 unspecified atom stereocenters. The van der Waals surface area contributed by atoms with E-state index < -0.39 is 0 Å². The molecule has 0 radical (unpaired) electrons. The Balaban J connectivity index is 2.13. The summed E-state index contributed by atoms with van der Waals surface area (Å²) >= 11 is 0. The summed E-state index contributed by atoms with van der Waals surface area (Å²) in [4.78, 5) is 2.10. The third kappa shape index (κ3) is 2.80. The number of nitrogens with two attached hydrogens (primary N) is 1. The fourth-order valence-corrected chi connectivity index (χ4v) is 1.90. The van der Waals surface area contributed by atoms with Crippen LogP contribution in [0.4, 0.5) is 15.8 Å². The number of benzene rings is 2. The van der Waals surface area contributed by atoms with Gasteiger partial charge in [0, 0.05) is 25.0 Å². The smallest absolute Gasteiger partial charge is 0.126 e. The van der Waals surface area contributed by atoms with Gasteiger partial charge in [-0.25, -0.2) is 4.39 Å². The lowest BCUT2D eigenvalue weighted by Crippen LogP contribution is -2.16. The van der Waals surface area contributed by atoms with Gasteiger partial charge in [-0.1, -0.05) is 12.1 Å². The molecule has 0 bridgehead atoms. The molecule has 3 heteroatoms. The number of nitrogen functional groups attached to an aromatic ring is 1. The molecule has 0 saturated heterocycles. The van der Waals surface area contributed by atoms with Gasteiger partial charge in [0.05, 0.1) is 0 Å². The molecule has 0 aliphatic rings. The second kappa shape index (κ2) is 5.08. The Morgan fingerprint density at radius 2 is 1.78 bits per heavy atom. The summed E-state index contributed by atoms with van der Waals surface area (Å²) in [5, 5.41) is 0. The highest BCUT2D eigenvalue weighted by Gasteiger charge is 2.04. The molecule has 0 aliphatic carbocycles. The van der Waals surface area contributed by atoms with Crippen LogP contribution < -0.4 is 10.6 Å². The molecule has 0 heterocycles. The van der Waals surface area contributed by atoms with Gasteiger partial charge in [0.1, 0.15) is 5.82 Å². The van der Waals surface area contributed by atoms with Crippen molar-refractivity contribution in [3.63, 3.8) is 0 Å². The molecule has 2 rings (SSSR count). The molecule has 0 aliphatic heterocycles. The van der Waals surface area contributed by atoms with E-state index >= 15 is 0 Å². The minimum atomic E-state index is -0.158. The molecule has 0 aromatic heterocycles. The van der Waals surface area contributed by atoms with Crippen LogP contribution in [0.2, 0.25) is 0 Å². The number of rotatable bonds is 3. The van der Waals surface area contributed by atoms with Crippen molar-refractivity contribution < 1.29 is 4.39 Å². The van der Waals surface area contributed by atoms with E-state index in [0.717, 1.165) is 23.5 Å². The number of hydrogen-bond donors (Lipinski definition) is 1. The molecule has 0 amide bonds. The molecule has 94 valence electrons. The van der Waals surface area contributed by atoms with Crippen molar-refractivity contribution >= 4 is 11.4 Å². The van der Waals surface area contributed by atoms with Crippen LogP contribution in [-0.4, -0.2) is 7.05 Å². The fraction of sp³-hybridized carbons (Fsp3) is 0.200. The molecule has 2 N–H and O–H groups in total. The quantitative estimate of drug-likeness (QED) is 0.839. The summed E-state index contributed by atoms with van der Waals surface area (Å²) in [5.74, 6) is -0.158. The number of hydrogen-bond acceptors (Lipinski definition) is 2. The minimum Gasteiger partial charge on any atom is -0.399 e. The zero-order valence-electron chi connectivity index (χ0n) is 10.7. The standard InChI is InChI=1S/C15H17FN2/c1-11-9-12(3-8-15(11)16)10-18(2)14-6-4-13(17)5-7-14/h3-9H,10,17H2,1-2H3. The summed E-state index contributed by atoms with van der Waals surface area (Å²) in [6.45, 7) is 2.52. The SMILES string of the molecule is Cc1cc(CN(C)c2ccc(N)cc2)ccc1F. The zero-order chi connectivity index (χ0) is 13.1. The lowest BCUT2D eigenvalue weighted by atomic mass is 10.1. The highest BCUT2D eigenvalue weighted by atomic mass is 19.1. The van der Waals surface area contributed by atoms with Gasteiger partial charge >= 0.3 is 0 Å². The van der Waals surface area contributed by atoms with E-state index in [4.69, 9.17) is 5.73 Å². The molecule has 0 spiro atoms. The van der Waals surface area contributed by atoms with Crippen molar-refractivity contribution in [1.82, 2.24) is 0 Å². The predicted octanol–water partition coefficient (Wildman–Crippen LogP) is 3.35. The Morgan fingerprint density at radius 3 is 2.39 bits per heavy atom. The maximum atomic E-state index is 13.2. The summed E-state index contributed by atoms with van der Waals surface area (Å²) in [6.07, 6.45) is 0. The third-order valence-electron chi connectivity index (χ3n) is 2.98. The van der Waals surface area contributed by atoms with Crippen LogP contribution in [0.3, 0.4) is 0 Å². The largest absolute Gasteiger partial charge is 0.399 e. The van der Waals surface area contributed by atoms with Crippen molar-refractivity contribution in [3.05, 3.63) is 59.4 Å². The fourth-order valence-electron chi connectivity index (χ4n) is 1.90. The Hall–Kier alpha value is -2.03. The molecular formula is C15H17FN2. The molecule has 2 aromatic carbocycles. The van der Waals surface area contributed by atoms with Gasteiger partial charge in [0.15, 0.2) is 0 Å². The number of anilines is 2. The molecule has 0 fully saturated rings. The van der Waals surface area contributed by atoms with Crippen molar-refractivity contribution in [2.45, 2.75) is 13.5 Å². The monoisotopic (exact) mass is 244 g/mol. The van der Waals surface area contributed by atoms with E-state index in [1.54, 1.807) is 6.92 Å². The van der Waals surface area contributed by atoms with Crippen LogP contribution in [0.1, 0.15) is 11.1 Å². The summed E-state index contributed by atoms with van der Waals surface area (Å²) < 4.78 is 13.2. The Morgan fingerprint density at radius 1 is 1.11 bits per heavy atom. The van der Waals surface area contributed by atoms with Gasteiger partial charge in [0.25, 0.3) is 0 Å². The molecular weight excluding hydrogens is 227 g/mol. The van der Waals surface area contributed by atoms with Crippen LogP contribution in [0, 0.1) is 12.7 Å². The minimum absolute atomic E-state index is 0.158. The lowest BCUT2D eigenvalue weighted by molar-refractivity contribution is 0.617. The van der Waals surface area contributed by atoms with Crippen LogP contribution in [0.25, 0.3) is 0 Å². The summed E-state index contributed by atoms with van der Waals surface area (Å²) in [5.41, 5.74) is 9.27. The first-order valence-corrected chi connectivity index (χ1v) is 5.88. The van der Waals surface area contributed by atoms with E-state index in [-0.39, 0.29) is 5.82 Å². The van der Waals surface area contributed by atoms with Gasteiger partial charge in [-0.05, 0) is 48.4 Å². The van der Waals surface area contributed by atoms with Crippen LogP contribution >= 0.6 is 0 Å². The van der Waals surface area contributed by atoms with Crippen molar-refractivity contribution in [1.29, 1.82) is 0 Å². The van der Waals surface area contributed by atoms with Gasteiger partial charge < -0.3 is 10.6 Å². The van der Waals surface area contributed by atoms with Crippen molar-refractivity contribution in [2.75, 3.05) is 17.7 Å². The second-order valence-electron chi connectivity index (χ2n) is 4.53. The van der Waals surface area contributed by atoms with Gasteiger partial charge in [0.2, 0.25) is 0 Å². The maximum Gasteiger partial charge on any atom is 0.126 e. The molecule has 2 nitrogen and oxygen atoms in total. The van der Waals surface area contributed by atoms with Crippen LogP contribution in [0.15, 0.2) is 42.5 Å². The molecule has 0 atom stereocenters. The van der Waals surface area contributed by atoms with E-state index in [1.165, 1.54) is 6.07 Å². The zero-order valence-corrected chi connectivity index (χ0v) is 10.7. The normalized spacial score (nSPS) is 10.4. The van der Waals surface area contributed by atoms with E-state index in [9.17, 15) is 4.39 Å². The Bertz CT molecular complexity index is 535. The molecule has 0 saturated carbocycles. The first-order chi connectivity index (χ1) is 8.56. The highest BCUT2D eigenvalue weighted by Crippen LogP contribution is 2.18. The summed E-state index contributed by atoms with van der Waals surface area (Å²) in [7, 11) is 2.00. The average molecular weight is 244 g/mol. The van der Waals surface area contributed by atoms with Gasteiger partial charge in [-0.3, -0.25) is 0 Å². The Labute approximate surface area is 107 Å². The van der Waals surface area contributed by atoms with Crippen LogP contribution in [-0.2, 0) is 6.54 Å². The van der Waals surface area contributed by atoms with Gasteiger partial charge in [-0.15, -0.1) is 0 Å². The first kappa shape index (κ1) is 12.4. The second-order valence-corrected chi connectivity index (χ2v) is 4.53. The number of aryl methyl sites for hydroxylation is 1. The maximum absolute atomic E-state index is 13.2. The predicted molar refractivity (Wildman–Crippen MR) is 74.1 cm³/mol. The Kier molecular flexibility index (Phi) is 3.51. The number of halogens is 1. The summed E-state index contributed by atoms with van der Waals surface area (Å²) in [6, 6.07) is 12.9. The highest BCUT2D eigenvalue weighted by molar-refractivity contribution is 5.52. The molecule has 18 heavy (non-hydrogen) atoms. The van der Waals surface area contributed by atoms with Crippen LogP contribution in [0.5, 0.6) is 0 Å². The number of nitrogens with zero attached hydrogens (tertiary/aromatic N) is 1. The third-order valence-corrected chi connectivity index (χ3v) is 2.98. The topological polar surface area (TPSA) is 29.3 Å². The first-order valence-electron chi connectivity index (χ1n) is 5.88.